The molecule has 0 saturated heterocycles. The van der Waals surface area contributed by atoms with Crippen molar-refractivity contribution in [1.29, 1.82) is 0 Å². The molecule has 5 rings (SSSR count). The summed E-state index contributed by atoms with van der Waals surface area (Å²) in [7, 11) is 1.65. The fourth-order valence-corrected chi connectivity index (χ4v) is 3.66. The number of ether oxygens (including phenoxy) is 2. The monoisotopic (exact) mass is 378 g/mol. The molecule has 0 aromatic heterocycles. The summed E-state index contributed by atoms with van der Waals surface area (Å²) in [6, 6.07) is 27.0. The minimum atomic E-state index is -0.0320. The quantitative estimate of drug-likeness (QED) is 0.388. The number of fused-ring (bicyclic) bond motifs is 3. The van der Waals surface area contributed by atoms with E-state index in [1.807, 2.05) is 91.0 Å². The Bertz CT molecular complexity index is 1280. The summed E-state index contributed by atoms with van der Waals surface area (Å²) in [4.78, 5) is 13.5. The largest absolute Gasteiger partial charge is 0.497 e. The number of carbonyl (C=O) groups is 1. The number of methoxy groups -OCH3 is 1. The number of hydrogen-bond acceptors (Lipinski definition) is 3. The SMILES string of the molecule is COc1ccc2cc(C(=O)C3=Cc4ccccc4Oc4ccccc43)ccc2c1. The van der Waals surface area contributed by atoms with Crippen molar-refractivity contribution in [3.05, 3.63) is 102 Å². The zero-order valence-electron chi connectivity index (χ0n) is 15.9. The maximum absolute atomic E-state index is 13.5. The highest BCUT2D eigenvalue weighted by molar-refractivity contribution is 6.33. The number of Topliss-reactive ketones (excluding diaryl/α,β-unsaturated/α-hetero) is 1. The number of carbonyl (C=O) groups excluding carboxylic acids is 1. The highest BCUT2D eigenvalue weighted by Gasteiger charge is 2.22. The molecule has 0 amide bonds. The minimum Gasteiger partial charge on any atom is -0.497 e. The molecule has 0 bridgehead atoms. The summed E-state index contributed by atoms with van der Waals surface area (Å²) in [5, 5.41) is 2.03. The van der Waals surface area contributed by atoms with Gasteiger partial charge in [0.15, 0.2) is 5.78 Å². The first-order chi connectivity index (χ1) is 14.2. The predicted molar refractivity (Wildman–Crippen MR) is 116 cm³/mol. The molecular formula is C26H18O3. The summed E-state index contributed by atoms with van der Waals surface area (Å²) in [5.74, 6) is 2.19. The van der Waals surface area contributed by atoms with Gasteiger partial charge in [0.2, 0.25) is 0 Å². The van der Waals surface area contributed by atoms with Crippen molar-refractivity contribution < 1.29 is 14.3 Å². The third-order valence-electron chi connectivity index (χ3n) is 5.17. The van der Waals surface area contributed by atoms with Crippen molar-refractivity contribution in [2.45, 2.75) is 0 Å². The molecule has 1 heterocycles. The van der Waals surface area contributed by atoms with Gasteiger partial charge in [-0.25, -0.2) is 0 Å². The van der Waals surface area contributed by atoms with Crippen LogP contribution in [0.25, 0.3) is 22.4 Å². The van der Waals surface area contributed by atoms with Gasteiger partial charge < -0.3 is 9.47 Å². The van der Waals surface area contributed by atoms with Gasteiger partial charge in [0.25, 0.3) is 0 Å². The van der Waals surface area contributed by atoms with Crippen molar-refractivity contribution in [3.63, 3.8) is 0 Å². The molecule has 0 unspecified atom stereocenters. The zero-order chi connectivity index (χ0) is 19.8. The van der Waals surface area contributed by atoms with E-state index >= 15 is 0 Å². The first-order valence-corrected chi connectivity index (χ1v) is 9.43. The number of para-hydroxylation sites is 2. The first-order valence-electron chi connectivity index (χ1n) is 9.43. The molecule has 1 aliphatic rings. The lowest BCUT2D eigenvalue weighted by atomic mass is 9.93. The molecule has 1 aliphatic heterocycles. The molecule has 3 nitrogen and oxygen atoms in total. The van der Waals surface area contributed by atoms with Crippen LogP contribution in [0.2, 0.25) is 0 Å². The van der Waals surface area contributed by atoms with E-state index in [0.717, 1.165) is 33.4 Å². The van der Waals surface area contributed by atoms with Gasteiger partial charge in [-0.1, -0.05) is 54.6 Å². The van der Waals surface area contributed by atoms with Crippen molar-refractivity contribution >= 4 is 28.2 Å². The maximum atomic E-state index is 13.5. The first kappa shape index (κ1) is 17.3. The fraction of sp³-hybridized carbons (Fsp3) is 0.0385. The van der Waals surface area contributed by atoms with Crippen molar-refractivity contribution in [2.24, 2.45) is 0 Å². The molecule has 0 saturated carbocycles. The van der Waals surface area contributed by atoms with Crippen LogP contribution in [0.4, 0.5) is 0 Å². The topological polar surface area (TPSA) is 35.5 Å². The Morgan fingerprint density at radius 3 is 2.38 bits per heavy atom. The molecule has 29 heavy (non-hydrogen) atoms. The van der Waals surface area contributed by atoms with Crippen LogP contribution in [0.5, 0.6) is 17.2 Å². The molecule has 0 N–H and O–H groups in total. The summed E-state index contributed by atoms with van der Waals surface area (Å²) < 4.78 is 11.4. The van der Waals surface area contributed by atoms with E-state index in [2.05, 4.69) is 0 Å². The van der Waals surface area contributed by atoms with Gasteiger partial charge in [-0.15, -0.1) is 0 Å². The normalized spacial score (nSPS) is 12.2. The Labute approximate surface area is 168 Å². The number of allylic oxidation sites excluding steroid dienone is 1. The van der Waals surface area contributed by atoms with Gasteiger partial charge in [-0.3, -0.25) is 4.79 Å². The molecule has 140 valence electrons. The minimum absolute atomic E-state index is 0.0320. The van der Waals surface area contributed by atoms with E-state index in [9.17, 15) is 4.79 Å². The van der Waals surface area contributed by atoms with E-state index in [-0.39, 0.29) is 5.78 Å². The molecule has 3 heteroatoms. The van der Waals surface area contributed by atoms with Gasteiger partial charge in [0.05, 0.1) is 7.11 Å². The molecule has 0 radical (unpaired) electrons. The standard InChI is InChI=1S/C26H18O3/c1-28-21-13-12-17-14-20(11-10-18(17)15-21)26(27)23-16-19-6-2-4-8-24(19)29-25-9-5-3-7-22(23)25/h2-16H,1H3. The Kier molecular flexibility index (Phi) is 4.14. The Morgan fingerprint density at radius 1 is 0.793 bits per heavy atom. The third-order valence-corrected chi connectivity index (χ3v) is 5.17. The van der Waals surface area contributed by atoms with E-state index in [1.54, 1.807) is 7.11 Å². The van der Waals surface area contributed by atoms with Gasteiger partial charge in [0.1, 0.15) is 17.2 Å². The van der Waals surface area contributed by atoms with Crippen LogP contribution in [-0.2, 0) is 0 Å². The summed E-state index contributed by atoms with van der Waals surface area (Å²) in [6.07, 6.45) is 1.92. The van der Waals surface area contributed by atoms with Gasteiger partial charge in [0, 0.05) is 22.3 Å². The summed E-state index contributed by atoms with van der Waals surface area (Å²) in [5.41, 5.74) is 2.95. The average Bonchev–Trinajstić information content (AvgIpc) is 2.94. The lowest BCUT2D eigenvalue weighted by molar-refractivity contribution is 0.105. The highest BCUT2D eigenvalue weighted by atomic mass is 16.5. The van der Waals surface area contributed by atoms with Crippen LogP contribution in [0.15, 0.2) is 84.9 Å². The third kappa shape index (κ3) is 3.07. The van der Waals surface area contributed by atoms with E-state index in [1.165, 1.54) is 0 Å². The number of hydrogen-bond donors (Lipinski definition) is 0. The zero-order valence-corrected chi connectivity index (χ0v) is 15.9. The van der Waals surface area contributed by atoms with Gasteiger partial charge >= 0.3 is 0 Å². The molecule has 4 aromatic carbocycles. The smallest absolute Gasteiger partial charge is 0.193 e. The molecule has 0 fully saturated rings. The lowest BCUT2D eigenvalue weighted by Crippen LogP contribution is -2.03. The predicted octanol–water partition coefficient (Wildman–Crippen LogP) is 6.38. The van der Waals surface area contributed by atoms with Crippen molar-refractivity contribution in [3.8, 4) is 17.2 Å². The Balaban J connectivity index is 1.65. The molecule has 0 spiro atoms. The maximum Gasteiger partial charge on any atom is 0.193 e. The summed E-state index contributed by atoms with van der Waals surface area (Å²) >= 11 is 0. The molecule has 4 aromatic rings. The van der Waals surface area contributed by atoms with Crippen LogP contribution in [-0.4, -0.2) is 12.9 Å². The Morgan fingerprint density at radius 2 is 1.52 bits per heavy atom. The van der Waals surface area contributed by atoms with E-state index in [0.29, 0.717) is 16.9 Å². The molecule has 0 aliphatic carbocycles. The van der Waals surface area contributed by atoms with Gasteiger partial charge in [-0.05, 0) is 47.2 Å². The van der Waals surface area contributed by atoms with Gasteiger partial charge in [-0.2, -0.15) is 0 Å². The average molecular weight is 378 g/mol. The van der Waals surface area contributed by atoms with E-state index in [4.69, 9.17) is 9.47 Å². The lowest BCUT2D eigenvalue weighted by Gasteiger charge is -2.11. The number of ketones is 1. The van der Waals surface area contributed by atoms with Crippen LogP contribution in [0.3, 0.4) is 0 Å². The number of benzene rings is 4. The highest BCUT2D eigenvalue weighted by Crippen LogP contribution is 2.39. The van der Waals surface area contributed by atoms with Crippen LogP contribution in [0, 0.1) is 0 Å². The Hall–Kier alpha value is -3.85. The second-order valence-electron chi connectivity index (χ2n) is 6.95. The van der Waals surface area contributed by atoms with Crippen LogP contribution in [0.1, 0.15) is 21.5 Å². The van der Waals surface area contributed by atoms with Crippen molar-refractivity contribution in [1.82, 2.24) is 0 Å². The second-order valence-corrected chi connectivity index (χ2v) is 6.95. The second kappa shape index (κ2) is 6.95. The van der Waals surface area contributed by atoms with Crippen LogP contribution < -0.4 is 9.47 Å². The van der Waals surface area contributed by atoms with Crippen molar-refractivity contribution in [2.75, 3.05) is 7.11 Å². The molecular weight excluding hydrogens is 360 g/mol. The van der Waals surface area contributed by atoms with E-state index < -0.39 is 0 Å². The summed E-state index contributed by atoms with van der Waals surface area (Å²) in [6.45, 7) is 0. The van der Waals surface area contributed by atoms with Crippen LogP contribution >= 0.6 is 0 Å². The molecule has 0 atom stereocenters. The fourth-order valence-electron chi connectivity index (χ4n) is 3.66. The number of rotatable bonds is 3.